The molecule has 3 N–H and O–H groups in total. The Morgan fingerprint density at radius 2 is 2.10 bits per heavy atom. The lowest BCUT2D eigenvalue weighted by molar-refractivity contribution is 0.232. The molecule has 9 heteroatoms. The van der Waals surface area contributed by atoms with Gasteiger partial charge in [-0.25, -0.2) is 18.1 Å². The number of nitrogen functional groups attached to an aromatic ring is 1. The normalized spacial score (nSPS) is 17.5. The molecule has 0 amide bonds. The van der Waals surface area contributed by atoms with Gasteiger partial charge in [0.15, 0.2) is 15.8 Å². The molecule has 1 fully saturated rings. The lowest BCUT2D eigenvalue weighted by Gasteiger charge is -2.26. The highest BCUT2D eigenvalue weighted by Gasteiger charge is 2.24. The zero-order chi connectivity index (χ0) is 14.9. The van der Waals surface area contributed by atoms with Gasteiger partial charge in [0.2, 0.25) is 0 Å². The number of aromatic nitrogens is 2. The average Bonchev–Trinajstić information content (AvgIpc) is 2.99. The molecule has 2 aromatic heterocycles. The summed E-state index contributed by atoms with van der Waals surface area (Å²) in [6, 6.07) is 0. The molecule has 2 aromatic rings. The lowest BCUT2D eigenvalue weighted by Crippen LogP contribution is -2.38. The maximum Gasteiger partial charge on any atom is 0.260 e. The zero-order valence-electron chi connectivity index (χ0n) is 11.7. The van der Waals surface area contributed by atoms with Crippen LogP contribution >= 0.6 is 11.3 Å². The van der Waals surface area contributed by atoms with Gasteiger partial charge in [-0.1, -0.05) is 6.42 Å². The molecule has 0 saturated carbocycles. The summed E-state index contributed by atoms with van der Waals surface area (Å²) in [5.41, 5.74) is 5.74. The Bertz CT molecular complexity index is 715. The summed E-state index contributed by atoms with van der Waals surface area (Å²) >= 11 is 1.36. The Morgan fingerprint density at radius 3 is 2.86 bits per heavy atom. The van der Waals surface area contributed by atoms with E-state index in [0.29, 0.717) is 11.5 Å². The van der Waals surface area contributed by atoms with Crippen LogP contribution in [0.5, 0.6) is 0 Å². The number of fused-ring (bicyclic) bond motifs is 1. The summed E-state index contributed by atoms with van der Waals surface area (Å²) in [5, 5.41) is 1.83. The van der Waals surface area contributed by atoms with Crippen molar-refractivity contribution in [3.05, 3.63) is 11.6 Å². The fourth-order valence-corrected chi connectivity index (χ4v) is 4.64. The molecule has 0 spiro atoms. The van der Waals surface area contributed by atoms with Crippen LogP contribution < -0.4 is 10.5 Å². The first-order valence-electron chi connectivity index (χ1n) is 7.01. The molecular formula is C12H19N5O2S2. The van der Waals surface area contributed by atoms with Crippen LogP contribution in [0.1, 0.15) is 19.3 Å². The van der Waals surface area contributed by atoms with Crippen LogP contribution in [0.2, 0.25) is 0 Å². The Kier molecular flexibility index (Phi) is 4.16. The maximum absolute atomic E-state index is 12.4. The Hall–Kier alpha value is -1.16. The van der Waals surface area contributed by atoms with Gasteiger partial charge in [-0.15, -0.1) is 11.3 Å². The van der Waals surface area contributed by atoms with Crippen molar-refractivity contribution >= 4 is 32.1 Å². The van der Waals surface area contributed by atoms with Gasteiger partial charge in [-0.05, 0) is 25.9 Å². The number of imidazole rings is 1. The van der Waals surface area contributed by atoms with Gasteiger partial charge in [0, 0.05) is 24.7 Å². The van der Waals surface area contributed by atoms with Crippen molar-refractivity contribution in [2.45, 2.75) is 24.3 Å². The van der Waals surface area contributed by atoms with Gasteiger partial charge in [0.25, 0.3) is 10.0 Å². The zero-order valence-corrected chi connectivity index (χ0v) is 13.3. The number of likely N-dealkylation sites (tertiary alicyclic amines) is 1. The third kappa shape index (κ3) is 3.05. The van der Waals surface area contributed by atoms with Crippen LogP contribution in [0.4, 0.5) is 5.82 Å². The highest BCUT2D eigenvalue weighted by molar-refractivity contribution is 7.89. The van der Waals surface area contributed by atoms with Crippen LogP contribution in [0.3, 0.4) is 0 Å². The minimum Gasteiger partial charge on any atom is -0.381 e. The third-order valence-corrected chi connectivity index (χ3v) is 5.92. The van der Waals surface area contributed by atoms with Gasteiger partial charge in [-0.2, -0.15) is 0 Å². The molecule has 1 aliphatic heterocycles. The van der Waals surface area contributed by atoms with Crippen molar-refractivity contribution < 1.29 is 8.42 Å². The van der Waals surface area contributed by atoms with Crippen LogP contribution in [0.25, 0.3) is 4.96 Å². The van der Waals surface area contributed by atoms with E-state index in [9.17, 15) is 8.42 Å². The van der Waals surface area contributed by atoms with Gasteiger partial charge >= 0.3 is 0 Å². The summed E-state index contributed by atoms with van der Waals surface area (Å²) in [6.45, 7) is 3.21. The van der Waals surface area contributed by atoms with Crippen LogP contribution in [-0.2, 0) is 10.0 Å². The second-order valence-corrected chi connectivity index (χ2v) is 7.71. The van der Waals surface area contributed by atoms with Crippen molar-refractivity contribution in [3.63, 3.8) is 0 Å². The van der Waals surface area contributed by atoms with Crippen LogP contribution in [-0.4, -0.2) is 48.9 Å². The highest BCUT2D eigenvalue weighted by Crippen LogP contribution is 2.22. The molecule has 21 heavy (non-hydrogen) atoms. The number of rotatable bonds is 5. The molecular weight excluding hydrogens is 310 g/mol. The van der Waals surface area contributed by atoms with Crippen LogP contribution in [0, 0.1) is 0 Å². The molecule has 0 atom stereocenters. The summed E-state index contributed by atoms with van der Waals surface area (Å²) in [7, 11) is -3.64. The molecule has 3 heterocycles. The van der Waals surface area contributed by atoms with Gasteiger partial charge in [-0.3, -0.25) is 4.40 Å². The van der Waals surface area contributed by atoms with Crippen molar-refractivity contribution in [1.82, 2.24) is 19.0 Å². The van der Waals surface area contributed by atoms with E-state index in [1.54, 1.807) is 11.6 Å². The minimum absolute atomic E-state index is 0.0393. The topological polar surface area (TPSA) is 92.7 Å². The predicted molar refractivity (Wildman–Crippen MR) is 83.0 cm³/mol. The molecule has 0 radical (unpaired) electrons. The molecule has 7 nitrogen and oxygen atoms in total. The van der Waals surface area contributed by atoms with Crippen molar-refractivity contribution in [2.24, 2.45) is 0 Å². The van der Waals surface area contributed by atoms with E-state index >= 15 is 0 Å². The first kappa shape index (κ1) is 14.8. The first-order valence-corrected chi connectivity index (χ1v) is 9.37. The SMILES string of the molecule is Nc1nc2sccn2c1S(=O)(=O)NCCN1CCCCC1. The van der Waals surface area contributed by atoms with E-state index in [4.69, 9.17) is 5.73 Å². The predicted octanol–water partition coefficient (Wildman–Crippen LogP) is 0.742. The second kappa shape index (κ2) is 5.91. The summed E-state index contributed by atoms with van der Waals surface area (Å²) in [4.78, 5) is 6.94. The number of hydrogen-bond donors (Lipinski definition) is 2. The third-order valence-electron chi connectivity index (χ3n) is 3.67. The molecule has 0 unspecified atom stereocenters. The highest BCUT2D eigenvalue weighted by atomic mass is 32.2. The Balaban J connectivity index is 1.68. The van der Waals surface area contributed by atoms with Gasteiger partial charge < -0.3 is 10.6 Å². The quantitative estimate of drug-likeness (QED) is 0.844. The van der Waals surface area contributed by atoms with Gasteiger partial charge in [0.05, 0.1) is 0 Å². The standard InChI is InChI=1S/C12H19N5O2S2/c13-10-11(17-8-9-20-12(17)15-10)21(18,19)14-4-7-16-5-2-1-3-6-16/h8-9,14H,1-7,13H2. The molecule has 0 bridgehead atoms. The Labute approximate surface area is 127 Å². The Morgan fingerprint density at radius 1 is 1.33 bits per heavy atom. The maximum atomic E-state index is 12.4. The molecule has 1 saturated heterocycles. The number of nitrogens with zero attached hydrogens (tertiary/aromatic N) is 3. The smallest absolute Gasteiger partial charge is 0.260 e. The molecule has 1 aliphatic rings. The number of nitrogens with two attached hydrogens (primary N) is 1. The number of hydrogen-bond acceptors (Lipinski definition) is 6. The largest absolute Gasteiger partial charge is 0.381 e. The number of anilines is 1. The van der Waals surface area contributed by atoms with E-state index in [1.165, 1.54) is 35.0 Å². The lowest BCUT2D eigenvalue weighted by atomic mass is 10.1. The van der Waals surface area contributed by atoms with E-state index in [1.807, 2.05) is 0 Å². The second-order valence-electron chi connectivity index (χ2n) is 5.16. The molecule has 116 valence electrons. The van der Waals surface area contributed by atoms with Crippen molar-refractivity contribution in [3.8, 4) is 0 Å². The number of sulfonamides is 1. The fourth-order valence-electron chi connectivity index (χ4n) is 2.64. The number of thiazole rings is 1. The first-order chi connectivity index (χ1) is 10.1. The van der Waals surface area contributed by atoms with Gasteiger partial charge in [0.1, 0.15) is 0 Å². The van der Waals surface area contributed by atoms with Crippen LogP contribution in [0.15, 0.2) is 16.6 Å². The number of piperidine rings is 1. The molecule has 0 aromatic carbocycles. The average molecular weight is 329 g/mol. The van der Waals surface area contributed by atoms with E-state index in [0.717, 1.165) is 19.6 Å². The monoisotopic (exact) mass is 329 g/mol. The summed E-state index contributed by atoms with van der Waals surface area (Å²) in [5.74, 6) is 0.0484. The van der Waals surface area contributed by atoms with E-state index in [2.05, 4.69) is 14.6 Å². The molecule has 0 aliphatic carbocycles. The molecule has 3 rings (SSSR count). The fraction of sp³-hybridized carbons (Fsp3) is 0.583. The van der Waals surface area contributed by atoms with Crippen molar-refractivity contribution in [1.29, 1.82) is 0 Å². The summed E-state index contributed by atoms with van der Waals surface area (Å²) < 4.78 is 28.9. The minimum atomic E-state index is -3.64. The summed E-state index contributed by atoms with van der Waals surface area (Å²) in [6.07, 6.45) is 5.32. The van der Waals surface area contributed by atoms with E-state index in [-0.39, 0.29) is 10.8 Å². The number of nitrogens with one attached hydrogen (secondary N) is 1. The van der Waals surface area contributed by atoms with E-state index < -0.39 is 10.0 Å². The van der Waals surface area contributed by atoms with Crippen molar-refractivity contribution in [2.75, 3.05) is 31.9 Å².